The first-order valence-corrected chi connectivity index (χ1v) is 8.86. The first kappa shape index (κ1) is 15.6. The molecule has 1 saturated carbocycles. The van der Waals surface area contributed by atoms with Crippen LogP contribution in [0.5, 0.6) is 0 Å². The first-order valence-electron chi connectivity index (χ1n) is 7.60. The Morgan fingerprint density at radius 3 is 3.00 bits per heavy atom. The second-order valence-corrected chi connectivity index (χ2v) is 7.44. The van der Waals surface area contributed by atoms with Crippen LogP contribution in [-0.2, 0) is 4.79 Å². The van der Waals surface area contributed by atoms with E-state index in [1.54, 1.807) is 12.3 Å². The predicted molar refractivity (Wildman–Crippen MR) is 89.2 cm³/mol. The quantitative estimate of drug-likeness (QED) is 0.836. The summed E-state index contributed by atoms with van der Waals surface area (Å²) in [5.74, 6) is 0.0725. The molecular formula is C15H19ClN4OS. The lowest BCUT2D eigenvalue weighted by atomic mass is 9.95. The maximum absolute atomic E-state index is 12.3. The minimum atomic E-state index is -0.196. The average molecular weight is 339 g/mol. The van der Waals surface area contributed by atoms with Crippen LogP contribution in [-0.4, -0.2) is 32.2 Å². The molecule has 7 heteroatoms. The number of H-pyrrole nitrogens is 1. The van der Waals surface area contributed by atoms with Gasteiger partial charge in [-0.15, -0.1) is 0 Å². The molecule has 1 amide bonds. The molecule has 1 atom stereocenters. The van der Waals surface area contributed by atoms with Gasteiger partial charge in [-0.2, -0.15) is 0 Å². The van der Waals surface area contributed by atoms with E-state index in [0.29, 0.717) is 21.9 Å². The number of pyridine rings is 1. The highest BCUT2D eigenvalue weighted by Crippen LogP contribution is 2.25. The highest BCUT2D eigenvalue weighted by atomic mass is 35.5. The van der Waals surface area contributed by atoms with E-state index in [2.05, 4.69) is 20.3 Å². The summed E-state index contributed by atoms with van der Waals surface area (Å²) in [5.41, 5.74) is 1.40. The van der Waals surface area contributed by atoms with Gasteiger partial charge in [-0.05, 0) is 25.8 Å². The van der Waals surface area contributed by atoms with Crippen molar-refractivity contribution in [3.8, 4) is 0 Å². The van der Waals surface area contributed by atoms with Crippen LogP contribution in [0.1, 0.15) is 39.0 Å². The van der Waals surface area contributed by atoms with Crippen molar-refractivity contribution in [1.29, 1.82) is 0 Å². The van der Waals surface area contributed by atoms with Crippen molar-refractivity contribution in [3.63, 3.8) is 0 Å². The Balaban J connectivity index is 1.61. The summed E-state index contributed by atoms with van der Waals surface area (Å²) >= 11 is 7.32. The summed E-state index contributed by atoms with van der Waals surface area (Å²) in [5, 5.41) is 4.20. The van der Waals surface area contributed by atoms with Crippen molar-refractivity contribution in [2.45, 2.75) is 55.5 Å². The van der Waals surface area contributed by atoms with Crippen LogP contribution in [0.2, 0.25) is 5.02 Å². The molecule has 22 heavy (non-hydrogen) atoms. The highest BCUT2D eigenvalue weighted by molar-refractivity contribution is 8.00. The third-order valence-corrected chi connectivity index (χ3v) is 5.08. The Morgan fingerprint density at radius 1 is 1.45 bits per heavy atom. The van der Waals surface area contributed by atoms with Gasteiger partial charge in [-0.3, -0.25) is 4.79 Å². The summed E-state index contributed by atoms with van der Waals surface area (Å²) in [6.07, 6.45) is 7.46. The molecule has 3 rings (SSSR count). The number of nitrogens with zero attached hydrogens (tertiary/aromatic N) is 2. The normalized spacial score (nSPS) is 17.5. The molecule has 0 aromatic carbocycles. The summed E-state index contributed by atoms with van der Waals surface area (Å²) < 4.78 is 0. The number of carbonyl (C=O) groups is 1. The van der Waals surface area contributed by atoms with Crippen LogP contribution in [0.4, 0.5) is 0 Å². The number of carbonyl (C=O) groups excluding carboxylic acids is 1. The van der Waals surface area contributed by atoms with Crippen molar-refractivity contribution in [2.75, 3.05) is 0 Å². The maximum atomic E-state index is 12.3. The van der Waals surface area contributed by atoms with Crippen molar-refractivity contribution in [1.82, 2.24) is 20.3 Å². The highest BCUT2D eigenvalue weighted by Gasteiger charge is 2.21. The van der Waals surface area contributed by atoms with E-state index in [0.717, 1.165) is 18.4 Å². The molecule has 118 valence electrons. The summed E-state index contributed by atoms with van der Waals surface area (Å²) in [6.45, 7) is 1.90. The predicted octanol–water partition coefficient (Wildman–Crippen LogP) is 3.54. The van der Waals surface area contributed by atoms with Gasteiger partial charge in [0.25, 0.3) is 0 Å². The minimum Gasteiger partial charge on any atom is -0.352 e. The Kier molecular flexibility index (Phi) is 4.88. The van der Waals surface area contributed by atoms with Crippen LogP contribution in [0.3, 0.4) is 0 Å². The third kappa shape index (κ3) is 3.73. The molecule has 5 nitrogen and oxygen atoms in total. The summed E-state index contributed by atoms with van der Waals surface area (Å²) in [6, 6.07) is 2.12. The molecule has 0 saturated heterocycles. The molecule has 0 unspecified atom stereocenters. The lowest BCUT2D eigenvalue weighted by Gasteiger charge is -2.24. The Bertz CT molecular complexity index is 669. The molecule has 0 radical (unpaired) electrons. The SMILES string of the molecule is C[C@H](Sc1nc2ncc(Cl)cc2[nH]1)C(=O)NC1CCCCC1. The van der Waals surface area contributed by atoms with Gasteiger partial charge in [0.15, 0.2) is 10.8 Å². The van der Waals surface area contributed by atoms with Gasteiger partial charge in [0.1, 0.15) is 0 Å². The van der Waals surface area contributed by atoms with Crippen molar-refractivity contribution in [3.05, 3.63) is 17.3 Å². The number of halogens is 1. The van der Waals surface area contributed by atoms with E-state index in [9.17, 15) is 4.79 Å². The molecule has 2 aromatic heterocycles. The number of nitrogens with one attached hydrogen (secondary N) is 2. The monoisotopic (exact) mass is 338 g/mol. The zero-order valence-electron chi connectivity index (χ0n) is 12.4. The standard InChI is InChI=1S/C15H19ClN4OS/c1-9(14(21)18-11-5-3-2-4-6-11)22-15-19-12-7-10(16)8-17-13(12)20-15/h7-9,11H,2-6H2,1H3,(H,18,21)(H,17,19,20)/t9-/m0/s1. The lowest BCUT2D eigenvalue weighted by molar-refractivity contribution is -0.121. The molecule has 2 N–H and O–H groups in total. The zero-order chi connectivity index (χ0) is 15.5. The topological polar surface area (TPSA) is 70.7 Å². The molecular weight excluding hydrogens is 320 g/mol. The Labute approximate surface area is 138 Å². The van der Waals surface area contributed by atoms with Crippen molar-refractivity contribution < 1.29 is 4.79 Å². The Morgan fingerprint density at radius 2 is 2.23 bits per heavy atom. The molecule has 1 aliphatic carbocycles. The van der Waals surface area contributed by atoms with E-state index in [1.807, 2.05) is 6.92 Å². The van der Waals surface area contributed by atoms with Gasteiger partial charge in [-0.25, -0.2) is 9.97 Å². The molecule has 0 aliphatic heterocycles. The number of amides is 1. The zero-order valence-corrected chi connectivity index (χ0v) is 14.0. The third-order valence-electron chi connectivity index (χ3n) is 3.89. The number of imidazole rings is 1. The van der Waals surface area contributed by atoms with Gasteiger partial charge in [0.05, 0.1) is 15.8 Å². The van der Waals surface area contributed by atoms with Gasteiger partial charge < -0.3 is 10.3 Å². The van der Waals surface area contributed by atoms with E-state index in [4.69, 9.17) is 11.6 Å². The Hall–Kier alpha value is -1.27. The number of rotatable bonds is 4. The van der Waals surface area contributed by atoms with E-state index in [1.165, 1.54) is 31.0 Å². The second kappa shape index (κ2) is 6.87. The number of aromatic nitrogens is 3. The second-order valence-electron chi connectivity index (χ2n) is 5.67. The van der Waals surface area contributed by atoms with Crippen molar-refractivity contribution >= 4 is 40.4 Å². The van der Waals surface area contributed by atoms with Crippen molar-refractivity contribution in [2.24, 2.45) is 0 Å². The summed E-state index contributed by atoms with van der Waals surface area (Å²) in [4.78, 5) is 24.0. The number of fused-ring (bicyclic) bond motifs is 1. The minimum absolute atomic E-state index is 0.0725. The van der Waals surface area contributed by atoms with Crippen LogP contribution < -0.4 is 5.32 Å². The number of aromatic amines is 1. The molecule has 2 heterocycles. The van der Waals surface area contributed by atoms with Gasteiger partial charge in [-0.1, -0.05) is 42.6 Å². The average Bonchev–Trinajstić information content (AvgIpc) is 2.89. The van der Waals surface area contributed by atoms with Gasteiger partial charge >= 0.3 is 0 Å². The largest absolute Gasteiger partial charge is 0.352 e. The van der Waals surface area contributed by atoms with Crippen LogP contribution in [0.15, 0.2) is 17.4 Å². The number of hydrogen-bond acceptors (Lipinski definition) is 4. The maximum Gasteiger partial charge on any atom is 0.233 e. The molecule has 1 aliphatic rings. The fourth-order valence-electron chi connectivity index (χ4n) is 2.69. The fraction of sp³-hybridized carbons (Fsp3) is 0.533. The smallest absolute Gasteiger partial charge is 0.233 e. The number of hydrogen-bond donors (Lipinski definition) is 2. The van der Waals surface area contributed by atoms with E-state index >= 15 is 0 Å². The van der Waals surface area contributed by atoms with Crippen LogP contribution >= 0.6 is 23.4 Å². The summed E-state index contributed by atoms with van der Waals surface area (Å²) in [7, 11) is 0. The molecule has 1 fully saturated rings. The lowest BCUT2D eigenvalue weighted by Crippen LogP contribution is -2.40. The van der Waals surface area contributed by atoms with Gasteiger partial charge in [0, 0.05) is 12.2 Å². The van der Waals surface area contributed by atoms with Gasteiger partial charge in [0.2, 0.25) is 5.91 Å². The van der Waals surface area contributed by atoms with Crippen LogP contribution in [0.25, 0.3) is 11.2 Å². The first-order chi connectivity index (χ1) is 10.6. The molecule has 2 aromatic rings. The van der Waals surface area contributed by atoms with Crippen LogP contribution in [0, 0.1) is 0 Å². The molecule has 0 spiro atoms. The fourth-order valence-corrected chi connectivity index (χ4v) is 3.67. The molecule has 0 bridgehead atoms. The van der Waals surface area contributed by atoms with E-state index in [-0.39, 0.29) is 11.2 Å². The van der Waals surface area contributed by atoms with E-state index < -0.39 is 0 Å². The number of thioether (sulfide) groups is 1.